The molecule has 0 aromatic rings. The first-order valence-corrected chi connectivity index (χ1v) is 3.87. The molecule has 0 aromatic heterocycles. The van der Waals surface area contributed by atoms with Crippen LogP contribution in [0, 0.1) is 0 Å². The number of nitrogens with zero attached hydrogens (tertiary/aromatic N) is 1. The highest BCUT2D eigenvalue weighted by atomic mass is 16.3. The van der Waals surface area contributed by atoms with E-state index < -0.39 is 5.60 Å². The number of nitrogens with one attached hydrogen (secondary N) is 1. The number of rotatable bonds is 2. The minimum Gasteiger partial charge on any atom is -0.389 e. The van der Waals surface area contributed by atoms with Gasteiger partial charge < -0.3 is 10.1 Å². The summed E-state index contributed by atoms with van der Waals surface area (Å²) >= 11 is 0. The van der Waals surface area contributed by atoms with Crippen LogP contribution in [0.1, 0.15) is 20.8 Å². The maximum atomic E-state index is 9.45. The summed E-state index contributed by atoms with van der Waals surface area (Å²) in [5, 5.41) is 11.4. The molecule has 0 spiro atoms. The third-order valence-electron chi connectivity index (χ3n) is 1.49. The Kier molecular flexibility index (Phi) is 2.20. The molecule has 0 saturated heterocycles. The van der Waals surface area contributed by atoms with Crippen molar-refractivity contribution in [1.29, 1.82) is 0 Å². The summed E-state index contributed by atoms with van der Waals surface area (Å²) in [6, 6.07) is 0. The monoisotopic (exact) mass is 156 g/mol. The van der Waals surface area contributed by atoms with Crippen LogP contribution in [-0.4, -0.2) is 28.8 Å². The van der Waals surface area contributed by atoms with E-state index in [9.17, 15) is 5.11 Å². The van der Waals surface area contributed by atoms with Crippen molar-refractivity contribution in [2.45, 2.75) is 26.4 Å². The fourth-order valence-electron chi connectivity index (χ4n) is 1.10. The Balaban J connectivity index is 2.40. The molecule has 0 radical (unpaired) electrons. The van der Waals surface area contributed by atoms with Crippen molar-refractivity contribution in [2.24, 2.45) is 0 Å². The Bertz CT molecular complexity index is 169. The van der Waals surface area contributed by atoms with Gasteiger partial charge in [0.1, 0.15) is 0 Å². The summed E-state index contributed by atoms with van der Waals surface area (Å²) in [4.78, 5) is 0. The van der Waals surface area contributed by atoms with Crippen LogP contribution < -0.4 is 5.43 Å². The molecular formula is C8H16N2O. The van der Waals surface area contributed by atoms with Gasteiger partial charge in [0.2, 0.25) is 0 Å². The van der Waals surface area contributed by atoms with Crippen molar-refractivity contribution < 1.29 is 5.11 Å². The Morgan fingerprint density at radius 3 is 2.73 bits per heavy atom. The van der Waals surface area contributed by atoms with Crippen molar-refractivity contribution in [3.63, 3.8) is 0 Å². The molecule has 0 aliphatic carbocycles. The van der Waals surface area contributed by atoms with Gasteiger partial charge >= 0.3 is 0 Å². The lowest BCUT2D eigenvalue weighted by atomic mass is 10.1. The van der Waals surface area contributed by atoms with Crippen LogP contribution in [0.2, 0.25) is 0 Å². The summed E-state index contributed by atoms with van der Waals surface area (Å²) < 4.78 is 0. The summed E-state index contributed by atoms with van der Waals surface area (Å²) in [5.74, 6) is 0. The fraction of sp³-hybridized carbons (Fsp3) is 0.750. The van der Waals surface area contributed by atoms with Gasteiger partial charge in [-0.3, -0.25) is 0 Å². The lowest BCUT2D eigenvalue weighted by Gasteiger charge is -2.24. The van der Waals surface area contributed by atoms with E-state index >= 15 is 0 Å². The van der Waals surface area contributed by atoms with E-state index in [-0.39, 0.29) is 0 Å². The highest BCUT2D eigenvalue weighted by Gasteiger charge is 2.18. The van der Waals surface area contributed by atoms with E-state index in [1.165, 1.54) is 5.57 Å². The highest BCUT2D eigenvalue weighted by Crippen LogP contribution is 2.08. The number of hydrogen-bond donors (Lipinski definition) is 2. The SMILES string of the molecule is CC1=CN(CC(C)(C)O)NC1. The molecule has 0 saturated carbocycles. The van der Waals surface area contributed by atoms with Crippen LogP contribution in [0.5, 0.6) is 0 Å². The third kappa shape index (κ3) is 2.91. The highest BCUT2D eigenvalue weighted by molar-refractivity contribution is 5.04. The molecule has 0 bridgehead atoms. The zero-order valence-electron chi connectivity index (χ0n) is 7.39. The Morgan fingerprint density at radius 1 is 1.73 bits per heavy atom. The van der Waals surface area contributed by atoms with Gasteiger partial charge in [0, 0.05) is 12.7 Å². The molecular weight excluding hydrogens is 140 g/mol. The molecule has 1 heterocycles. The summed E-state index contributed by atoms with van der Waals surface area (Å²) in [5.41, 5.74) is 3.81. The second kappa shape index (κ2) is 2.83. The van der Waals surface area contributed by atoms with Crippen LogP contribution in [0.15, 0.2) is 11.8 Å². The molecule has 3 heteroatoms. The van der Waals surface area contributed by atoms with Gasteiger partial charge in [0.15, 0.2) is 0 Å². The van der Waals surface area contributed by atoms with E-state index in [1.807, 2.05) is 11.2 Å². The standard InChI is InChI=1S/C8H16N2O/c1-7-4-9-10(5-7)6-8(2,3)11/h5,9,11H,4,6H2,1-3H3. The average molecular weight is 156 g/mol. The van der Waals surface area contributed by atoms with Crippen molar-refractivity contribution in [2.75, 3.05) is 13.1 Å². The van der Waals surface area contributed by atoms with Crippen molar-refractivity contribution in [3.8, 4) is 0 Å². The van der Waals surface area contributed by atoms with E-state index in [4.69, 9.17) is 0 Å². The molecule has 3 nitrogen and oxygen atoms in total. The van der Waals surface area contributed by atoms with E-state index in [1.54, 1.807) is 13.8 Å². The second-order valence-electron chi connectivity index (χ2n) is 3.75. The molecule has 64 valence electrons. The topological polar surface area (TPSA) is 35.5 Å². The summed E-state index contributed by atoms with van der Waals surface area (Å²) in [7, 11) is 0. The molecule has 0 fully saturated rings. The predicted octanol–water partition coefficient (Wildman–Crippen LogP) is 0.481. The van der Waals surface area contributed by atoms with Gasteiger partial charge in [0.25, 0.3) is 0 Å². The van der Waals surface area contributed by atoms with Crippen LogP contribution in [0.3, 0.4) is 0 Å². The molecule has 1 rings (SSSR count). The van der Waals surface area contributed by atoms with E-state index in [0.29, 0.717) is 6.54 Å². The van der Waals surface area contributed by atoms with Gasteiger partial charge in [-0.2, -0.15) is 0 Å². The first-order valence-electron chi connectivity index (χ1n) is 3.87. The maximum Gasteiger partial charge on any atom is 0.0781 e. The third-order valence-corrected chi connectivity index (χ3v) is 1.49. The summed E-state index contributed by atoms with van der Waals surface area (Å²) in [6.45, 7) is 7.20. The normalized spacial score (nSPS) is 18.9. The van der Waals surface area contributed by atoms with Crippen LogP contribution >= 0.6 is 0 Å². The van der Waals surface area contributed by atoms with Crippen molar-refractivity contribution in [1.82, 2.24) is 10.4 Å². The zero-order valence-corrected chi connectivity index (χ0v) is 7.39. The Hall–Kier alpha value is -0.540. The second-order valence-corrected chi connectivity index (χ2v) is 3.75. The lowest BCUT2D eigenvalue weighted by molar-refractivity contribution is 0.0410. The molecule has 1 aliphatic heterocycles. The van der Waals surface area contributed by atoms with E-state index in [2.05, 4.69) is 12.3 Å². The van der Waals surface area contributed by atoms with Gasteiger partial charge in [-0.15, -0.1) is 0 Å². The van der Waals surface area contributed by atoms with Crippen LogP contribution in [0.4, 0.5) is 0 Å². The van der Waals surface area contributed by atoms with Gasteiger partial charge in [-0.1, -0.05) is 0 Å². The Morgan fingerprint density at radius 2 is 2.36 bits per heavy atom. The van der Waals surface area contributed by atoms with Gasteiger partial charge in [-0.25, -0.2) is 5.43 Å². The molecule has 0 aromatic carbocycles. The zero-order chi connectivity index (χ0) is 8.48. The number of aliphatic hydroxyl groups is 1. The van der Waals surface area contributed by atoms with Gasteiger partial charge in [-0.05, 0) is 26.3 Å². The van der Waals surface area contributed by atoms with E-state index in [0.717, 1.165) is 6.54 Å². The van der Waals surface area contributed by atoms with Crippen LogP contribution in [-0.2, 0) is 0 Å². The smallest absolute Gasteiger partial charge is 0.0781 e. The largest absolute Gasteiger partial charge is 0.389 e. The minimum absolute atomic E-state index is 0.629. The Labute approximate surface area is 67.7 Å². The van der Waals surface area contributed by atoms with Gasteiger partial charge in [0.05, 0.1) is 12.1 Å². The fourth-order valence-corrected chi connectivity index (χ4v) is 1.10. The average Bonchev–Trinajstić information content (AvgIpc) is 2.10. The minimum atomic E-state index is -0.631. The van der Waals surface area contributed by atoms with Crippen LogP contribution in [0.25, 0.3) is 0 Å². The predicted molar refractivity (Wildman–Crippen MR) is 44.8 cm³/mol. The molecule has 2 N–H and O–H groups in total. The maximum absolute atomic E-state index is 9.45. The van der Waals surface area contributed by atoms with Crippen molar-refractivity contribution in [3.05, 3.63) is 11.8 Å². The quantitative estimate of drug-likeness (QED) is 0.610. The molecule has 0 amide bonds. The number of hydrogen-bond acceptors (Lipinski definition) is 3. The number of hydrazine groups is 1. The molecule has 1 aliphatic rings. The lowest BCUT2D eigenvalue weighted by Crippen LogP contribution is -2.40. The number of β-amino-alcohol motifs (C(OH)–C–C–N with tert-alkyl or cyclic N) is 1. The summed E-state index contributed by atoms with van der Waals surface area (Å²) in [6.07, 6.45) is 2.03. The first kappa shape index (κ1) is 8.56. The van der Waals surface area contributed by atoms with Crippen molar-refractivity contribution >= 4 is 0 Å². The first-order chi connectivity index (χ1) is 4.97. The molecule has 0 unspecified atom stereocenters. The molecule has 0 atom stereocenters. The molecule has 11 heavy (non-hydrogen) atoms.